The van der Waals surface area contributed by atoms with E-state index >= 15 is 0 Å². The monoisotopic (exact) mass is 229 g/mol. The second kappa shape index (κ2) is 7.56. The van der Waals surface area contributed by atoms with Gasteiger partial charge in [0.1, 0.15) is 0 Å². The van der Waals surface area contributed by atoms with Gasteiger partial charge in [-0.3, -0.25) is 0 Å². The van der Waals surface area contributed by atoms with E-state index in [9.17, 15) is 0 Å². The van der Waals surface area contributed by atoms with Crippen LogP contribution >= 0.6 is 12.6 Å². The van der Waals surface area contributed by atoms with Crippen LogP contribution in [0, 0.1) is 11.8 Å². The summed E-state index contributed by atoms with van der Waals surface area (Å²) in [6.45, 7) is 4.94. The minimum absolute atomic E-state index is 0.841. The zero-order valence-corrected chi connectivity index (χ0v) is 11.3. The van der Waals surface area contributed by atoms with Gasteiger partial charge >= 0.3 is 0 Å². The summed E-state index contributed by atoms with van der Waals surface area (Å²) < 4.78 is 0. The predicted molar refractivity (Wildman–Crippen MR) is 71.7 cm³/mol. The molecule has 90 valence electrons. The normalized spacial score (nSPS) is 20.0. The lowest BCUT2D eigenvalue weighted by atomic mass is 10.0. The lowest BCUT2D eigenvalue weighted by molar-refractivity contribution is 0.259. The Labute approximate surface area is 101 Å². The van der Waals surface area contributed by atoms with Crippen molar-refractivity contribution in [2.24, 2.45) is 11.8 Å². The van der Waals surface area contributed by atoms with Crippen LogP contribution in [0.25, 0.3) is 0 Å². The quantitative estimate of drug-likeness (QED) is 0.654. The molecule has 0 aliphatic heterocycles. The van der Waals surface area contributed by atoms with Gasteiger partial charge in [0.15, 0.2) is 0 Å². The fourth-order valence-electron chi connectivity index (χ4n) is 2.53. The molecule has 0 aromatic rings. The molecule has 1 aliphatic carbocycles. The van der Waals surface area contributed by atoms with Crippen LogP contribution in [-0.2, 0) is 0 Å². The van der Waals surface area contributed by atoms with E-state index in [0.29, 0.717) is 0 Å². The van der Waals surface area contributed by atoms with Gasteiger partial charge in [0, 0.05) is 6.54 Å². The summed E-state index contributed by atoms with van der Waals surface area (Å²) in [4.78, 5) is 2.53. The number of thiol groups is 1. The summed E-state index contributed by atoms with van der Waals surface area (Å²) in [5.41, 5.74) is 0. The molecule has 0 saturated heterocycles. The second-order valence-electron chi connectivity index (χ2n) is 5.32. The van der Waals surface area contributed by atoms with Gasteiger partial charge in [0.2, 0.25) is 0 Å². The van der Waals surface area contributed by atoms with Crippen molar-refractivity contribution >= 4 is 12.6 Å². The van der Waals surface area contributed by atoms with Gasteiger partial charge in [-0.25, -0.2) is 0 Å². The maximum atomic E-state index is 4.28. The van der Waals surface area contributed by atoms with Crippen molar-refractivity contribution in [1.29, 1.82) is 0 Å². The van der Waals surface area contributed by atoms with E-state index in [0.717, 1.165) is 17.6 Å². The summed E-state index contributed by atoms with van der Waals surface area (Å²) in [5.74, 6) is 2.87. The zero-order chi connectivity index (χ0) is 11.1. The first-order valence-electron chi connectivity index (χ1n) is 6.51. The molecule has 0 N–H and O–H groups in total. The van der Waals surface area contributed by atoms with Gasteiger partial charge in [-0.1, -0.05) is 19.8 Å². The van der Waals surface area contributed by atoms with Crippen LogP contribution in [0.2, 0.25) is 0 Å². The van der Waals surface area contributed by atoms with Gasteiger partial charge in [-0.2, -0.15) is 12.6 Å². The van der Waals surface area contributed by atoms with E-state index < -0.39 is 0 Å². The molecular formula is C13H27NS. The Morgan fingerprint density at radius 2 is 1.93 bits per heavy atom. The molecule has 1 rings (SSSR count). The fourth-order valence-corrected chi connectivity index (χ4v) is 2.97. The second-order valence-corrected chi connectivity index (χ2v) is 5.77. The maximum Gasteiger partial charge on any atom is 0.000661 e. The topological polar surface area (TPSA) is 3.24 Å². The van der Waals surface area contributed by atoms with E-state index in [2.05, 4.69) is 31.5 Å². The van der Waals surface area contributed by atoms with Crippen molar-refractivity contribution in [1.82, 2.24) is 4.90 Å². The molecule has 1 unspecified atom stereocenters. The number of hydrogen-bond donors (Lipinski definition) is 1. The molecule has 0 bridgehead atoms. The Morgan fingerprint density at radius 1 is 1.27 bits per heavy atom. The summed E-state index contributed by atoms with van der Waals surface area (Å²) >= 11 is 4.28. The third-order valence-corrected chi connectivity index (χ3v) is 3.93. The van der Waals surface area contributed by atoms with Crippen molar-refractivity contribution in [3.63, 3.8) is 0 Å². The number of nitrogens with zero attached hydrogens (tertiary/aromatic N) is 1. The molecule has 0 aromatic heterocycles. The minimum Gasteiger partial charge on any atom is -0.306 e. The fraction of sp³-hybridized carbons (Fsp3) is 1.00. The van der Waals surface area contributed by atoms with Crippen molar-refractivity contribution in [2.45, 2.75) is 45.4 Å². The maximum absolute atomic E-state index is 4.28. The van der Waals surface area contributed by atoms with Crippen molar-refractivity contribution < 1.29 is 0 Å². The van der Waals surface area contributed by atoms with E-state index in [-0.39, 0.29) is 0 Å². The van der Waals surface area contributed by atoms with E-state index in [1.807, 2.05) is 0 Å². The summed E-state index contributed by atoms with van der Waals surface area (Å²) in [5, 5.41) is 0. The van der Waals surface area contributed by atoms with Crippen LogP contribution in [0.4, 0.5) is 0 Å². The SMILES string of the molecule is CC(CCS)CCN(C)CC1CCCC1. The molecule has 1 fully saturated rings. The standard InChI is InChI=1S/C13H27NS/c1-12(8-10-15)7-9-14(2)11-13-5-3-4-6-13/h12-13,15H,3-11H2,1-2H3. The van der Waals surface area contributed by atoms with Gasteiger partial charge in [-0.15, -0.1) is 0 Å². The first-order chi connectivity index (χ1) is 7.22. The third kappa shape index (κ3) is 5.82. The molecule has 15 heavy (non-hydrogen) atoms. The van der Waals surface area contributed by atoms with Gasteiger partial charge < -0.3 is 4.90 Å². The van der Waals surface area contributed by atoms with E-state index in [4.69, 9.17) is 0 Å². The summed E-state index contributed by atoms with van der Waals surface area (Å²) in [6, 6.07) is 0. The highest BCUT2D eigenvalue weighted by Crippen LogP contribution is 2.25. The molecule has 1 saturated carbocycles. The molecule has 1 aliphatic rings. The van der Waals surface area contributed by atoms with Crippen LogP contribution in [-0.4, -0.2) is 30.8 Å². The van der Waals surface area contributed by atoms with Crippen molar-refractivity contribution in [3.05, 3.63) is 0 Å². The van der Waals surface area contributed by atoms with Crippen molar-refractivity contribution in [3.8, 4) is 0 Å². The highest BCUT2D eigenvalue weighted by molar-refractivity contribution is 7.80. The van der Waals surface area contributed by atoms with E-state index in [1.54, 1.807) is 0 Å². The first-order valence-corrected chi connectivity index (χ1v) is 7.15. The molecule has 2 heteroatoms. The van der Waals surface area contributed by atoms with Crippen molar-refractivity contribution in [2.75, 3.05) is 25.9 Å². The Morgan fingerprint density at radius 3 is 2.53 bits per heavy atom. The molecular weight excluding hydrogens is 202 g/mol. The van der Waals surface area contributed by atoms with Crippen LogP contribution in [0.1, 0.15) is 45.4 Å². The molecule has 0 heterocycles. The van der Waals surface area contributed by atoms with Gasteiger partial charge in [-0.05, 0) is 56.9 Å². The van der Waals surface area contributed by atoms with Crippen LogP contribution in [0.5, 0.6) is 0 Å². The zero-order valence-electron chi connectivity index (χ0n) is 10.4. The predicted octanol–water partition coefficient (Wildman–Crippen LogP) is 3.45. The largest absolute Gasteiger partial charge is 0.306 e. The van der Waals surface area contributed by atoms with E-state index in [1.165, 1.54) is 51.6 Å². The van der Waals surface area contributed by atoms with Crippen LogP contribution < -0.4 is 0 Å². The summed E-state index contributed by atoms with van der Waals surface area (Å²) in [7, 11) is 2.28. The molecule has 0 radical (unpaired) electrons. The van der Waals surface area contributed by atoms with Crippen LogP contribution in [0.3, 0.4) is 0 Å². The smallest absolute Gasteiger partial charge is 0.000661 e. The van der Waals surface area contributed by atoms with Crippen LogP contribution in [0.15, 0.2) is 0 Å². The lowest BCUT2D eigenvalue weighted by Gasteiger charge is -2.22. The lowest BCUT2D eigenvalue weighted by Crippen LogP contribution is -2.26. The highest BCUT2D eigenvalue weighted by atomic mass is 32.1. The third-order valence-electron chi connectivity index (χ3n) is 3.67. The molecule has 0 spiro atoms. The molecule has 0 aromatic carbocycles. The van der Waals surface area contributed by atoms with Gasteiger partial charge in [0.25, 0.3) is 0 Å². The Kier molecular flexibility index (Phi) is 6.74. The Bertz CT molecular complexity index is 155. The number of rotatable bonds is 7. The first kappa shape index (κ1) is 13.4. The highest BCUT2D eigenvalue weighted by Gasteiger charge is 2.16. The Hall–Kier alpha value is 0.310. The average molecular weight is 229 g/mol. The Balaban J connectivity index is 2.04. The summed E-state index contributed by atoms with van der Waals surface area (Å²) in [6.07, 6.45) is 8.47. The molecule has 1 atom stereocenters. The minimum atomic E-state index is 0.841. The van der Waals surface area contributed by atoms with Gasteiger partial charge in [0.05, 0.1) is 0 Å². The molecule has 1 nitrogen and oxygen atoms in total. The average Bonchev–Trinajstić information content (AvgIpc) is 2.68. The number of hydrogen-bond acceptors (Lipinski definition) is 2. The molecule has 0 amide bonds.